The van der Waals surface area contributed by atoms with Gasteiger partial charge in [-0.05, 0) is 89.2 Å². The fourth-order valence-electron chi connectivity index (χ4n) is 8.65. The van der Waals surface area contributed by atoms with Crippen LogP contribution in [0.5, 0.6) is 5.88 Å². The van der Waals surface area contributed by atoms with E-state index in [1.54, 1.807) is 4.52 Å². The molecular weight excluding hydrogens is 739 g/mol. The zero-order chi connectivity index (χ0) is 38.6. The van der Waals surface area contributed by atoms with Crippen LogP contribution < -0.4 is 20.1 Å². The van der Waals surface area contributed by atoms with Crippen molar-refractivity contribution in [2.45, 2.75) is 137 Å². The predicted octanol–water partition coefficient (Wildman–Crippen LogP) is 4.15. The van der Waals surface area contributed by atoms with E-state index in [0.717, 1.165) is 68.0 Å². The quantitative estimate of drug-likeness (QED) is 0.280. The van der Waals surface area contributed by atoms with Crippen molar-refractivity contribution in [1.82, 2.24) is 34.9 Å². The number of aromatic nitrogens is 3. The molecule has 5 atom stereocenters. The molecule has 0 unspecified atom stereocenters. The monoisotopic (exact) mass is 787 g/mol. The van der Waals surface area contributed by atoms with Crippen molar-refractivity contribution in [3.63, 3.8) is 0 Å². The second kappa shape index (κ2) is 14.6. The number of nitrogens with one attached hydrogen (secondary N) is 3. The highest BCUT2D eigenvalue weighted by Crippen LogP contribution is 2.46. The van der Waals surface area contributed by atoms with Gasteiger partial charge in [0.15, 0.2) is 5.65 Å². The van der Waals surface area contributed by atoms with Crippen LogP contribution in [0.15, 0.2) is 42.5 Å². The molecule has 4 saturated carbocycles. The number of carbonyl (C=O) groups is 4. The van der Waals surface area contributed by atoms with Gasteiger partial charge in [-0.15, -0.1) is 0 Å². The normalized spacial score (nSPS) is 29.5. The molecule has 2 aromatic heterocycles. The highest BCUT2D eigenvalue weighted by atomic mass is 32.2. The van der Waals surface area contributed by atoms with Gasteiger partial charge >= 0.3 is 6.09 Å². The predicted molar refractivity (Wildman–Crippen MR) is 204 cm³/mol. The summed E-state index contributed by atoms with van der Waals surface area (Å²) in [5.41, 5.74) is 0.822. The lowest BCUT2D eigenvalue weighted by Gasteiger charge is -2.30. The number of benzene rings is 1. The molecule has 9 rings (SSSR count). The number of ether oxygens (including phenoxy) is 2. The third-order valence-corrected chi connectivity index (χ3v) is 14.1. The first kappa shape index (κ1) is 36.9. The van der Waals surface area contributed by atoms with E-state index >= 15 is 0 Å². The zero-order valence-corrected chi connectivity index (χ0v) is 32.2. The molecule has 15 nitrogen and oxygen atoms in total. The molecule has 4 aliphatic carbocycles. The molecule has 4 heterocycles. The first-order valence-electron chi connectivity index (χ1n) is 20.4. The summed E-state index contributed by atoms with van der Waals surface area (Å²) in [4.78, 5) is 62.6. The minimum atomic E-state index is -3.89. The van der Waals surface area contributed by atoms with Crippen molar-refractivity contribution >= 4 is 50.4 Å². The molecule has 1 aromatic carbocycles. The van der Waals surface area contributed by atoms with Crippen LogP contribution in [0.2, 0.25) is 0 Å². The minimum Gasteiger partial charge on any atom is -0.472 e. The Morgan fingerprint density at radius 1 is 0.946 bits per heavy atom. The van der Waals surface area contributed by atoms with Gasteiger partial charge < -0.3 is 25.0 Å². The molecule has 3 N–H and O–H groups in total. The Hall–Kier alpha value is -4.73. The average Bonchev–Trinajstić information content (AvgIpc) is 4.14. The van der Waals surface area contributed by atoms with E-state index in [4.69, 9.17) is 19.6 Å². The molecule has 0 spiro atoms. The Balaban J connectivity index is 1.03. The largest absolute Gasteiger partial charge is 0.472 e. The zero-order valence-electron chi connectivity index (χ0n) is 31.4. The first-order chi connectivity index (χ1) is 27.1. The molecule has 6 aliphatic rings. The number of allylic oxidation sites excluding steroid dienone is 1. The number of fused-ring (bicyclic) bond motifs is 5. The van der Waals surface area contributed by atoms with Crippen molar-refractivity contribution in [2.75, 3.05) is 6.54 Å². The van der Waals surface area contributed by atoms with Gasteiger partial charge in [-0.2, -0.15) is 9.61 Å². The van der Waals surface area contributed by atoms with Gasteiger partial charge in [0, 0.05) is 29.7 Å². The standard InChI is InChI=1S/C40H49N7O8S/c48-36-33-20-27(54-34-21-32(24-16-17-24)41-35-29-13-8-9-14-30(29)44-47(34)35)23-46(33)37(49)31(42-39(51)55-26-11-6-7-12-26)15-5-3-1-2-4-10-25-22-40(25,43-36)38(50)45-56(52,53)28-18-19-28/h4,8-10,13-14,21,24-28,31,33H,1-3,5-7,11-12,15-20,22-23H2,(H,42,51)(H,43,48)(H,45,50)/b10-4-/t25-,27-,31+,33+,40-/m1/s1. The van der Waals surface area contributed by atoms with E-state index in [2.05, 4.69) is 15.4 Å². The number of amides is 4. The SMILES string of the molecule is O=C(N[C@H]1CCCCC/C=C\[C@@H]2C[C@@]2(C(=O)NS(=O)(=O)C2CC2)NC(=O)[C@@H]2C[C@@H](Oc3cc(C4CC4)nc4c5ccccc5nn34)CN2C1=O)OC1CCCC1. The fourth-order valence-corrected chi connectivity index (χ4v) is 10.0. The first-order valence-corrected chi connectivity index (χ1v) is 21.9. The highest BCUT2D eigenvalue weighted by Gasteiger charge is 2.62. The van der Waals surface area contributed by atoms with E-state index in [1.165, 1.54) is 4.90 Å². The molecule has 3 aromatic rings. The molecule has 2 aliphatic heterocycles. The van der Waals surface area contributed by atoms with Crippen LogP contribution in [0.25, 0.3) is 16.6 Å². The average molecular weight is 788 g/mol. The Morgan fingerprint density at radius 3 is 2.52 bits per heavy atom. The third-order valence-electron chi connectivity index (χ3n) is 12.3. The number of carbonyl (C=O) groups excluding carboxylic acids is 4. The van der Waals surface area contributed by atoms with Crippen LogP contribution in [0.4, 0.5) is 4.79 Å². The maximum Gasteiger partial charge on any atom is 0.408 e. The van der Waals surface area contributed by atoms with Crippen molar-refractivity contribution < 1.29 is 37.1 Å². The maximum atomic E-state index is 14.7. The van der Waals surface area contributed by atoms with Crippen molar-refractivity contribution in [2.24, 2.45) is 5.92 Å². The van der Waals surface area contributed by atoms with Gasteiger partial charge in [0.05, 0.1) is 23.0 Å². The molecule has 56 heavy (non-hydrogen) atoms. The van der Waals surface area contributed by atoms with Crippen LogP contribution in [0, 0.1) is 5.92 Å². The van der Waals surface area contributed by atoms with Crippen LogP contribution in [-0.4, -0.2) is 93.4 Å². The molecule has 0 radical (unpaired) electrons. The summed E-state index contributed by atoms with van der Waals surface area (Å²) < 4.78 is 42.1. The summed E-state index contributed by atoms with van der Waals surface area (Å²) in [6, 6.07) is 7.56. The minimum absolute atomic E-state index is 0.0225. The van der Waals surface area contributed by atoms with Crippen molar-refractivity contribution in [3.05, 3.63) is 48.2 Å². The Kier molecular flexibility index (Phi) is 9.65. The fraction of sp³-hybridized carbons (Fsp3) is 0.600. The smallest absolute Gasteiger partial charge is 0.408 e. The van der Waals surface area contributed by atoms with Gasteiger partial charge in [-0.3, -0.25) is 19.1 Å². The van der Waals surface area contributed by atoms with E-state index in [9.17, 15) is 27.6 Å². The maximum absolute atomic E-state index is 14.7. The number of alkyl carbamates (subject to hydrolysis) is 1. The van der Waals surface area contributed by atoms with Gasteiger partial charge in [0.1, 0.15) is 29.8 Å². The lowest BCUT2D eigenvalue weighted by Crippen LogP contribution is -2.58. The Morgan fingerprint density at radius 2 is 1.73 bits per heavy atom. The lowest BCUT2D eigenvalue weighted by molar-refractivity contribution is -0.141. The molecule has 1 saturated heterocycles. The number of nitrogens with zero attached hydrogens (tertiary/aromatic N) is 4. The van der Waals surface area contributed by atoms with E-state index < -0.39 is 68.7 Å². The van der Waals surface area contributed by atoms with Crippen LogP contribution in [0.1, 0.15) is 108 Å². The number of sulfonamides is 1. The number of rotatable bonds is 8. The summed E-state index contributed by atoms with van der Waals surface area (Å²) in [7, 11) is -3.89. The Bertz CT molecular complexity index is 2190. The third kappa shape index (κ3) is 7.43. The van der Waals surface area contributed by atoms with Crippen LogP contribution in [-0.2, 0) is 29.1 Å². The molecule has 298 valence electrons. The van der Waals surface area contributed by atoms with Crippen LogP contribution >= 0.6 is 0 Å². The Labute approximate surface area is 325 Å². The van der Waals surface area contributed by atoms with Gasteiger partial charge in [-0.25, -0.2) is 18.2 Å². The number of hydrogen-bond acceptors (Lipinski definition) is 10. The van der Waals surface area contributed by atoms with Crippen molar-refractivity contribution in [3.8, 4) is 5.88 Å². The second-order valence-electron chi connectivity index (χ2n) is 16.5. The van der Waals surface area contributed by atoms with E-state index in [1.807, 2.05) is 42.5 Å². The van der Waals surface area contributed by atoms with E-state index in [-0.39, 0.29) is 25.5 Å². The second-order valence-corrected chi connectivity index (χ2v) is 18.5. The van der Waals surface area contributed by atoms with E-state index in [0.29, 0.717) is 49.5 Å². The number of hydrogen-bond donors (Lipinski definition) is 3. The highest BCUT2D eigenvalue weighted by molar-refractivity contribution is 7.91. The summed E-state index contributed by atoms with van der Waals surface area (Å²) in [6.45, 7) is 0.0225. The van der Waals surface area contributed by atoms with Gasteiger partial charge in [0.2, 0.25) is 27.7 Å². The summed E-state index contributed by atoms with van der Waals surface area (Å²) in [5, 5.41) is 10.8. The molecular formula is C40H49N7O8S. The molecule has 16 heteroatoms. The summed E-state index contributed by atoms with van der Waals surface area (Å²) >= 11 is 0. The lowest BCUT2D eigenvalue weighted by atomic mass is 10.0. The summed E-state index contributed by atoms with van der Waals surface area (Å²) in [5.74, 6) is -1.47. The van der Waals surface area contributed by atoms with Crippen molar-refractivity contribution in [1.29, 1.82) is 0 Å². The summed E-state index contributed by atoms with van der Waals surface area (Å²) in [6.07, 6.45) is 12.5. The topological polar surface area (TPSA) is 190 Å². The van der Waals surface area contributed by atoms with Gasteiger partial charge in [-0.1, -0.05) is 37.1 Å². The molecule has 0 bridgehead atoms. The van der Waals surface area contributed by atoms with Gasteiger partial charge in [0.25, 0.3) is 5.91 Å². The van der Waals surface area contributed by atoms with Crippen LogP contribution in [0.3, 0.4) is 0 Å². The molecule has 4 amide bonds. The molecule has 5 fully saturated rings.